The third kappa shape index (κ3) is 4.75. The van der Waals surface area contributed by atoms with Gasteiger partial charge < -0.3 is 19.8 Å². The Morgan fingerprint density at radius 1 is 1.53 bits per heavy atom. The molecule has 1 aliphatic rings. The Bertz CT molecular complexity index is 293. The molecular formula is C14H27NO4. The van der Waals surface area contributed by atoms with Crippen molar-refractivity contribution in [3.8, 4) is 0 Å². The Morgan fingerprint density at radius 2 is 2.21 bits per heavy atom. The monoisotopic (exact) mass is 273 g/mol. The first-order chi connectivity index (χ1) is 8.87. The maximum Gasteiger partial charge on any atom is 0.309 e. The normalized spacial score (nSPS) is 23.3. The number of piperidine rings is 1. The maximum atomic E-state index is 11.3. The fourth-order valence-corrected chi connectivity index (χ4v) is 2.59. The van der Waals surface area contributed by atoms with Crippen molar-refractivity contribution in [1.29, 1.82) is 0 Å². The van der Waals surface area contributed by atoms with Crippen molar-refractivity contribution in [2.45, 2.75) is 39.7 Å². The molecule has 2 N–H and O–H groups in total. The van der Waals surface area contributed by atoms with E-state index in [1.807, 2.05) is 6.92 Å². The van der Waals surface area contributed by atoms with E-state index >= 15 is 0 Å². The molecule has 2 unspecified atom stereocenters. The quantitative estimate of drug-likeness (QED) is 0.729. The van der Waals surface area contributed by atoms with Gasteiger partial charge in [0, 0.05) is 19.7 Å². The molecule has 0 aromatic heterocycles. The van der Waals surface area contributed by atoms with Gasteiger partial charge in [-0.1, -0.05) is 0 Å². The molecule has 0 saturated carbocycles. The van der Waals surface area contributed by atoms with Crippen molar-refractivity contribution < 1.29 is 19.7 Å². The Morgan fingerprint density at radius 3 is 2.79 bits per heavy atom. The van der Waals surface area contributed by atoms with Crippen LogP contribution in [0.5, 0.6) is 0 Å². The van der Waals surface area contributed by atoms with E-state index in [-0.39, 0.29) is 5.92 Å². The number of aliphatic hydroxyl groups excluding tert-OH is 1. The highest BCUT2D eigenvalue weighted by molar-refractivity contribution is 5.74. The summed E-state index contributed by atoms with van der Waals surface area (Å²) >= 11 is 0. The first-order valence-electron chi connectivity index (χ1n) is 7.09. The van der Waals surface area contributed by atoms with E-state index in [2.05, 4.69) is 4.90 Å². The van der Waals surface area contributed by atoms with E-state index in [4.69, 9.17) is 4.74 Å². The second kappa shape index (κ2) is 7.22. The molecule has 5 nitrogen and oxygen atoms in total. The lowest BCUT2D eigenvalue weighted by molar-refractivity contribution is -0.151. The Hall–Kier alpha value is -0.650. The predicted molar refractivity (Wildman–Crippen MR) is 73.1 cm³/mol. The van der Waals surface area contributed by atoms with Crippen molar-refractivity contribution in [2.75, 3.05) is 32.8 Å². The molecule has 19 heavy (non-hydrogen) atoms. The summed E-state index contributed by atoms with van der Waals surface area (Å²) in [4.78, 5) is 13.5. The third-order valence-corrected chi connectivity index (χ3v) is 4.06. The summed E-state index contributed by atoms with van der Waals surface area (Å²) in [6, 6.07) is 0. The van der Waals surface area contributed by atoms with Crippen LogP contribution in [0, 0.1) is 11.3 Å². The second-order valence-corrected chi connectivity index (χ2v) is 5.94. The first-order valence-corrected chi connectivity index (χ1v) is 7.09. The summed E-state index contributed by atoms with van der Waals surface area (Å²) in [7, 11) is 0. The third-order valence-electron chi connectivity index (χ3n) is 4.06. The van der Waals surface area contributed by atoms with Crippen LogP contribution in [0.2, 0.25) is 0 Å². The number of nitrogens with zero attached hydrogens (tertiary/aromatic N) is 1. The second-order valence-electron chi connectivity index (χ2n) is 5.94. The number of hydrogen-bond acceptors (Lipinski definition) is 4. The van der Waals surface area contributed by atoms with Crippen molar-refractivity contribution >= 4 is 5.97 Å². The van der Waals surface area contributed by atoms with Crippen LogP contribution in [-0.4, -0.2) is 60.0 Å². The number of carboxylic acids is 1. The molecule has 112 valence electrons. The molecule has 0 amide bonds. The number of rotatable bonds is 7. The molecule has 5 heteroatoms. The molecule has 1 aliphatic heterocycles. The zero-order valence-corrected chi connectivity index (χ0v) is 12.3. The number of aliphatic carboxylic acids is 1. The fourth-order valence-electron chi connectivity index (χ4n) is 2.59. The van der Waals surface area contributed by atoms with Gasteiger partial charge >= 0.3 is 5.97 Å². The van der Waals surface area contributed by atoms with E-state index < -0.39 is 17.5 Å². The lowest BCUT2D eigenvalue weighted by atomic mass is 9.74. The van der Waals surface area contributed by atoms with Gasteiger partial charge in [0.25, 0.3) is 0 Å². The minimum atomic E-state index is -0.741. The number of carboxylic acid groups (broad SMARTS) is 1. The van der Waals surface area contributed by atoms with Gasteiger partial charge in [-0.2, -0.15) is 0 Å². The van der Waals surface area contributed by atoms with Crippen LogP contribution >= 0.6 is 0 Å². The molecule has 1 heterocycles. The molecule has 0 spiro atoms. The van der Waals surface area contributed by atoms with Gasteiger partial charge in [-0.05, 0) is 46.1 Å². The highest BCUT2D eigenvalue weighted by Gasteiger charge is 2.39. The largest absolute Gasteiger partial charge is 0.481 e. The smallest absolute Gasteiger partial charge is 0.309 e. The number of aliphatic hydroxyl groups is 1. The summed E-state index contributed by atoms with van der Waals surface area (Å²) in [6.45, 7) is 8.66. The maximum absolute atomic E-state index is 11.3. The van der Waals surface area contributed by atoms with E-state index in [1.165, 1.54) is 0 Å². The first kappa shape index (κ1) is 16.4. The Labute approximate surface area is 115 Å². The van der Waals surface area contributed by atoms with Gasteiger partial charge in [-0.25, -0.2) is 0 Å². The number of carbonyl (C=O) groups is 1. The Balaban J connectivity index is 2.48. The molecule has 0 radical (unpaired) electrons. The van der Waals surface area contributed by atoms with E-state index in [1.54, 1.807) is 13.8 Å². The molecule has 1 saturated heterocycles. The molecule has 1 fully saturated rings. The average molecular weight is 273 g/mol. The summed E-state index contributed by atoms with van der Waals surface area (Å²) in [5.74, 6) is -0.604. The van der Waals surface area contributed by atoms with Crippen molar-refractivity contribution in [3.05, 3.63) is 0 Å². The standard InChI is InChI=1S/C14H27NO4/c1-4-19-10-12(16)9-15-7-5-6-11(8-15)14(2,3)13(17)18/h11-12,16H,4-10H2,1-3H3,(H,17,18). The zero-order valence-electron chi connectivity index (χ0n) is 12.3. The number of hydrogen-bond donors (Lipinski definition) is 2. The van der Waals surface area contributed by atoms with Crippen LogP contribution in [0.25, 0.3) is 0 Å². The minimum absolute atomic E-state index is 0.137. The topological polar surface area (TPSA) is 70.0 Å². The van der Waals surface area contributed by atoms with E-state index in [0.29, 0.717) is 19.8 Å². The molecule has 0 aliphatic carbocycles. The van der Waals surface area contributed by atoms with Crippen LogP contribution in [0.4, 0.5) is 0 Å². The average Bonchev–Trinajstić information content (AvgIpc) is 2.36. The van der Waals surface area contributed by atoms with Crippen LogP contribution in [0.15, 0.2) is 0 Å². The van der Waals surface area contributed by atoms with Crippen LogP contribution in [-0.2, 0) is 9.53 Å². The summed E-state index contributed by atoms with van der Waals surface area (Å²) in [6.07, 6.45) is 1.44. The highest BCUT2D eigenvalue weighted by atomic mass is 16.5. The molecule has 1 rings (SSSR count). The SMILES string of the molecule is CCOCC(O)CN1CCCC(C(C)(C)C(=O)O)C1. The lowest BCUT2D eigenvalue weighted by Crippen LogP contribution is -2.47. The molecule has 0 aromatic rings. The van der Waals surface area contributed by atoms with Crippen molar-refractivity contribution in [1.82, 2.24) is 4.90 Å². The predicted octanol–water partition coefficient (Wildman–Crippen LogP) is 1.21. The van der Waals surface area contributed by atoms with E-state index in [0.717, 1.165) is 25.9 Å². The van der Waals surface area contributed by atoms with Crippen LogP contribution < -0.4 is 0 Å². The Kier molecular flexibility index (Phi) is 6.23. The lowest BCUT2D eigenvalue weighted by Gasteiger charge is -2.39. The molecular weight excluding hydrogens is 246 g/mol. The van der Waals surface area contributed by atoms with Gasteiger partial charge in [0.2, 0.25) is 0 Å². The fraction of sp³-hybridized carbons (Fsp3) is 0.929. The van der Waals surface area contributed by atoms with Crippen LogP contribution in [0.1, 0.15) is 33.6 Å². The van der Waals surface area contributed by atoms with E-state index in [9.17, 15) is 15.0 Å². The van der Waals surface area contributed by atoms with Gasteiger partial charge in [0.1, 0.15) is 0 Å². The van der Waals surface area contributed by atoms with Crippen LogP contribution in [0.3, 0.4) is 0 Å². The number of likely N-dealkylation sites (tertiary alicyclic amines) is 1. The molecule has 0 bridgehead atoms. The highest BCUT2D eigenvalue weighted by Crippen LogP contribution is 2.34. The molecule has 2 atom stereocenters. The van der Waals surface area contributed by atoms with Gasteiger partial charge in [-0.3, -0.25) is 4.79 Å². The summed E-state index contributed by atoms with van der Waals surface area (Å²) < 4.78 is 5.20. The summed E-state index contributed by atoms with van der Waals surface area (Å²) in [5.41, 5.74) is -0.705. The van der Waals surface area contributed by atoms with Gasteiger partial charge in [-0.15, -0.1) is 0 Å². The zero-order chi connectivity index (χ0) is 14.5. The summed E-state index contributed by atoms with van der Waals surface area (Å²) in [5, 5.41) is 19.1. The molecule has 0 aromatic carbocycles. The minimum Gasteiger partial charge on any atom is -0.481 e. The van der Waals surface area contributed by atoms with Gasteiger partial charge in [0.05, 0.1) is 18.1 Å². The van der Waals surface area contributed by atoms with Gasteiger partial charge in [0.15, 0.2) is 0 Å². The van der Waals surface area contributed by atoms with Crippen molar-refractivity contribution in [2.24, 2.45) is 11.3 Å². The number of β-amino-alcohol motifs (C(OH)–C–C–N with tert-alkyl or cyclic N) is 1. The number of ether oxygens (including phenoxy) is 1. The van der Waals surface area contributed by atoms with Crippen molar-refractivity contribution in [3.63, 3.8) is 0 Å².